The number of nitrogens with two attached hydrogens (primary N) is 1. The van der Waals surface area contributed by atoms with Gasteiger partial charge in [0.25, 0.3) is 0 Å². The minimum absolute atomic E-state index is 0.0123. The Hall–Kier alpha value is -0.960. The van der Waals surface area contributed by atoms with Crippen molar-refractivity contribution in [1.29, 1.82) is 0 Å². The van der Waals surface area contributed by atoms with E-state index in [1.165, 1.54) is 6.07 Å². The van der Waals surface area contributed by atoms with Crippen LogP contribution >= 0.6 is 15.9 Å². The number of benzene rings is 1. The Morgan fingerprint density at radius 2 is 2.20 bits per heavy atom. The van der Waals surface area contributed by atoms with Gasteiger partial charge in [-0.15, -0.1) is 0 Å². The molecule has 0 bridgehead atoms. The van der Waals surface area contributed by atoms with Crippen LogP contribution in [0.15, 0.2) is 27.6 Å². The molecular weight excluding hydrogens is 348 g/mol. The molecule has 1 aliphatic heterocycles. The van der Waals surface area contributed by atoms with Gasteiger partial charge in [0, 0.05) is 11.0 Å². The number of rotatable bonds is 3. The summed E-state index contributed by atoms with van der Waals surface area (Å²) >= 11 is 3.31. The highest BCUT2D eigenvalue weighted by Gasteiger charge is 2.38. The largest absolute Gasteiger partial charge is 0.378 e. The standard InChI is InChI=1S/C12H15BrN2O4S/c1-8-9(13)3-2-4-11(8)20(17,18)15-5-6-19-7-10(15)12(14)16/h2-4,10H,5-7H2,1H3,(H2,14,16). The molecule has 1 aliphatic rings. The lowest BCUT2D eigenvalue weighted by atomic mass is 10.2. The van der Waals surface area contributed by atoms with Crippen LogP contribution in [0.5, 0.6) is 0 Å². The van der Waals surface area contributed by atoms with Crippen molar-refractivity contribution < 1.29 is 17.9 Å². The maximum atomic E-state index is 12.7. The smallest absolute Gasteiger partial charge is 0.244 e. The molecule has 1 aromatic rings. The molecule has 2 rings (SSSR count). The molecule has 8 heteroatoms. The number of ether oxygens (including phenoxy) is 1. The van der Waals surface area contributed by atoms with E-state index in [0.717, 1.165) is 4.31 Å². The first-order valence-electron chi connectivity index (χ1n) is 5.99. The van der Waals surface area contributed by atoms with Crippen molar-refractivity contribution >= 4 is 31.9 Å². The summed E-state index contributed by atoms with van der Waals surface area (Å²) in [6, 6.07) is 3.96. The molecule has 0 radical (unpaired) electrons. The molecule has 110 valence electrons. The zero-order valence-electron chi connectivity index (χ0n) is 10.9. The number of nitrogens with zero attached hydrogens (tertiary/aromatic N) is 1. The molecular formula is C12H15BrN2O4S. The zero-order chi connectivity index (χ0) is 14.9. The second-order valence-electron chi connectivity index (χ2n) is 4.47. The van der Waals surface area contributed by atoms with Crippen LogP contribution in [0.4, 0.5) is 0 Å². The van der Waals surface area contributed by atoms with Gasteiger partial charge in [-0.3, -0.25) is 4.79 Å². The second-order valence-corrected chi connectivity index (χ2v) is 7.19. The molecule has 0 spiro atoms. The molecule has 6 nitrogen and oxygen atoms in total. The third-order valence-corrected chi connectivity index (χ3v) is 6.12. The van der Waals surface area contributed by atoms with Gasteiger partial charge in [-0.1, -0.05) is 22.0 Å². The number of morpholine rings is 1. The highest BCUT2D eigenvalue weighted by molar-refractivity contribution is 9.10. The molecule has 0 aromatic heterocycles. The van der Waals surface area contributed by atoms with Crippen molar-refractivity contribution in [3.8, 4) is 0 Å². The van der Waals surface area contributed by atoms with Gasteiger partial charge in [-0.25, -0.2) is 8.42 Å². The molecule has 1 atom stereocenters. The Kier molecular flexibility index (Phi) is 4.48. The van der Waals surface area contributed by atoms with Crippen LogP contribution in [-0.2, 0) is 19.6 Å². The Morgan fingerprint density at radius 1 is 1.50 bits per heavy atom. The first kappa shape index (κ1) is 15.4. The number of primary amides is 1. The van der Waals surface area contributed by atoms with Crippen LogP contribution in [0.25, 0.3) is 0 Å². The fourth-order valence-corrected chi connectivity index (χ4v) is 4.41. The number of amides is 1. The summed E-state index contributed by atoms with van der Waals surface area (Å²) in [6.45, 7) is 2.05. The van der Waals surface area contributed by atoms with E-state index in [1.54, 1.807) is 19.1 Å². The van der Waals surface area contributed by atoms with Gasteiger partial charge in [-0.2, -0.15) is 4.31 Å². The highest BCUT2D eigenvalue weighted by atomic mass is 79.9. The average Bonchev–Trinajstić information content (AvgIpc) is 2.41. The number of hydrogen-bond acceptors (Lipinski definition) is 4. The molecule has 1 heterocycles. The fraction of sp³-hybridized carbons (Fsp3) is 0.417. The van der Waals surface area contributed by atoms with Crippen molar-refractivity contribution in [2.75, 3.05) is 19.8 Å². The van der Waals surface area contributed by atoms with Crippen LogP contribution in [0, 0.1) is 6.92 Å². The summed E-state index contributed by atoms with van der Waals surface area (Å²) in [5, 5.41) is 0. The predicted molar refractivity (Wildman–Crippen MR) is 76.6 cm³/mol. The van der Waals surface area contributed by atoms with E-state index >= 15 is 0 Å². The van der Waals surface area contributed by atoms with E-state index in [0.29, 0.717) is 10.0 Å². The van der Waals surface area contributed by atoms with Gasteiger partial charge in [-0.05, 0) is 24.6 Å². The number of halogens is 1. The Morgan fingerprint density at radius 3 is 2.85 bits per heavy atom. The Labute approximate surface area is 126 Å². The first-order chi connectivity index (χ1) is 9.35. The monoisotopic (exact) mass is 362 g/mol. The van der Waals surface area contributed by atoms with E-state index in [9.17, 15) is 13.2 Å². The lowest BCUT2D eigenvalue weighted by Gasteiger charge is -2.32. The van der Waals surface area contributed by atoms with Crippen molar-refractivity contribution in [3.05, 3.63) is 28.2 Å². The van der Waals surface area contributed by atoms with E-state index in [4.69, 9.17) is 10.5 Å². The second kappa shape index (κ2) is 5.80. The Bertz CT molecular complexity index is 632. The zero-order valence-corrected chi connectivity index (χ0v) is 13.3. The highest BCUT2D eigenvalue weighted by Crippen LogP contribution is 2.27. The first-order valence-corrected chi connectivity index (χ1v) is 8.23. The lowest BCUT2D eigenvalue weighted by Crippen LogP contribution is -2.54. The summed E-state index contributed by atoms with van der Waals surface area (Å²) < 4.78 is 32.4. The molecule has 0 saturated carbocycles. The van der Waals surface area contributed by atoms with E-state index in [2.05, 4.69) is 15.9 Å². The van der Waals surface area contributed by atoms with Crippen molar-refractivity contribution in [3.63, 3.8) is 0 Å². The molecule has 1 aromatic carbocycles. The normalized spacial score (nSPS) is 20.8. The molecule has 1 fully saturated rings. The number of carbonyl (C=O) groups is 1. The fourth-order valence-electron chi connectivity index (χ4n) is 2.09. The number of hydrogen-bond donors (Lipinski definition) is 1. The van der Waals surface area contributed by atoms with Crippen LogP contribution in [0.3, 0.4) is 0 Å². The Balaban J connectivity index is 2.48. The van der Waals surface area contributed by atoms with Gasteiger partial charge in [0.2, 0.25) is 15.9 Å². The quantitative estimate of drug-likeness (QED) is 0.853. The van der Waals surface area contributed by atoms with Gasteiger partial charge >= 0.3 is 0 Å². The lowest BCUT2D eigenvalue weighted by molar-refractivity contribution is -0.125. The van der Waals surface area contributed by atoms with Crippen LogP contribution in [0.1, 0.15) is 5.56 Å². The predicted octanol–water partition coefficient (Wildman–Crippen LogP) is 0.632. The summed E-state index contributed by atoms with van der Waals surface area (Å²) in [6.07, 6.45) is 0. The molecule has 0 aliphatic carbocycles. The summed E-state index contributed by atoms with van der Waals surface area (Å²) in [7, 11) is -3.79. The summed E-state index contributed by atoms with van der Waals surface area (Å²) in [5.41, 5.74) is 5.87. The molecule has 1 unspecified atom stereocenters. The number of carbonyl (C=O) groups excluding carboxylic acids is 1. The van der Waals surface area contributed by atoms with Crippen molar-refractivity contribution in [2.45, 2.75) is 17.9 Å². The van der Waals surface area contributed by atoms with Crippen LogP contribution < -0.4 is 5.73 Å². The third-order valence-electron chi connectivity index (χ3n) is 3.21. The topological polar surface area (TPSA) is 89.7 Å². The minimum Gasteiger partial charge on any atom is -0.378 e. The van der Waals surface area contributed by atoms with Crippen molar-refractivity contribution in [2.24, 2.45) is 5.73 Å². The van der Waals surface area contributed by atoms with E-state index in [-0.39, 0.29) is 24.7 Å². The molecule has 1 saturated heterocycles. The van der Waals surface area contributed by atoms with E-state index in [1.807, 2.05) is 0 Å². The SMILES string of the molecule is Cc1c(Br)cccc1S(=O)(=O)N1CCOCC1C(N)=O. The summed E-state index contributed by atoms with van der Waals surface area (Å²) in [5.74, 6) is -0.707. The molecule has 2 N–H and O–H groups in total. The molecule has 1 amide bonds. The summed E-state index contributed by atoms with van der Waals surface area (Å²) in [4.78, 5) is 11.6. The van der Waals surface area contributed by atoms with Crippen molar-refractivity contribution in [1.82, 2.24) is 4.31 Å². The maximum absolute atomic E-state index is 12.7. The van der Waals surface area contributed by atoms with Crippen LogP contribution in [-0.4, -0.2) is 44.4 Å². The van der Waals surface area contributed by atoms with E-state index < -0.39 is 22.0 Å². The minimum atomic E-state index is -3.79. The molecule has 20 heavy (non-hydrogen) atoms. The van der Waals surface area contributed by atoms with Gasteiger partial charge in [0.1, 0.15) is 6.04 Å². The average molecular weight is 363 g/mol. The van der Waals surface area contributed by atoms with Crippen LogP contribution in [0.2, 0.25) is 0 Å². The van der Waals surface area contributed by atoms with Gasteiger partial charge in [0.05, 0.1) is 18.1 Å². The van der Waals surface area contributed by atoms with Gasteiger partial charge < -0.3 is 10.5 Å². The third kappa shape index (κ3) is 2.73. The number of sulfonamides is 1. The maximum Gasteiger partial charge on any atom is 0.244 e. The van der Waals surface area contributed by atoms with Gasteiger partial charge in [0.15, 0.2) is 0 Å².